The molecule has 0 rings (SSSR count). The van der Waals surface area contributed by atoms with Crippen LogP contribution < -0.4 is 144 Å². The van der Waals surface area contributed by atoms with Gasteiger partial charge in [-0.05, 0) is 30.4 Å². The van der Waals surface area contributed by atoms with E-state index in [1.165, 1.54) is 0 Å². The predicted octanol–water partition coefficient (Wildman–Crippen LogP) is -8.45. The fourth-order valence-corrected chi connectivity index (χ4v) is 20.3. The Morgan fingerprint density at radius 2 is 0.455 bits per heavy atom. The van der Waals surface area contributed by atoms with E-state index in [1.807, 2.05) is 0 Å². The molecular weight excluding hydrogens is 1130 g/mol. The molecule has 0 amide bonds. The van der Waals surface area contributed by atoms with Crippen molar-refractivity contribution >= 4 is 76.0 Å². The van der Waals surface area contributed by atoms with Crippen LogP contribution in [0.1, 0.15) is 0 Å². The van der Waals surface area contributed by atoms with Gasteiger partial charge >= 0.3 is 30.4 Å². The number of hydrogen-bond acceptors (Lipinski definition) is 24. The summed E-state index contributed by atoms with van der Waals surface area (Å²) in [5.74, 6) is 0. The van der Waals surface area contributed by atoms with Crippen LogP contribution >= 0.6 is 76.0 Å². The molecular formula is C10H72N16O30P10. The topological polar surface area (TPSA) is 1100 Å². The first-order valence-electron chi connectivity index (χ1n) is 12.1. The molecule has 66 heavy (non-hydrogen) atoms. The Hall–Kier alpha value is 0.860. The maximum Gasteiger partial charge on any atom is 0.353 e. The van der Waals surface area contributed by atoms with Gasteiger partial charge in [-0.15, -0.1) is 11.5 Å². The lowest BCUT2D eigenvalue weighted by atomic mass is 10.4. The molecule has 0 saturated carbocycles. The molecule has 0 aromatic heterocycles. The number of hydrogen-bond donors (Lipinski definition) is 20. The van der Waals surface area contributed by atoms with Crippen LogP contribution in [0.25, 0.3) is 0 Å². The molecule has 0 aliphatic heterocycles. The second kappa shape index (κ2) is 36.7. The second-order valence-corrected chi connectivity index (χ2v) is 30.5. The first-order valence-corrected chi connectivity index (χ1v) is 28.1. The zero-order valence-corrected chi connectivity index (χ0v) is 46.4. The van der Waals surface area contributed by atoms with Crippen molar-refractivity contribution in [3.05, 3.63) is 0 Å². The van der Waals surface area contributed by atoms with E-state index in [2.05, 4.69) is 0 Å². The van der Waals surface area contributed by atoms with Crippen LogP contribution in [0, 0.1) is 0 Å². The van der Waals surface area contributed by atoms with Crippen LogP contribution in [-0.2, 0) is 45.7 Å². The van der Waals surface area contributed by atoms with Crippen molar-refractivity contribution < 1.29 is 144 Å². The van der Waals surface area contributed by atoms with Crippen molar-refractivity contribution in [2.24, 2.45) is 0 Å². The van der Waals surface area contributed by atoms with Crippen LogP contribution in [0.3, 0.4) is 0 Å². The molecule has 0 spiro atoms. The summed E-state index contributed by atoms with van der Waals surface area (Å²) >= 11 is 0. The number of quaternary nitrogens is 12. The van der Waals surface area contributed by atoms with Gasteiger partial charge in [-0.2, -0.15) is 0 Å². The monoisotopic (exact) mass is 1210 g/mol. The molecule has 46 nitrogen and oxygen atoms in total. The molecule has 56 heteroatoms. The van der Waals surface area contributed by atoms with E-state index in [0.717, 1.165) is 9.80 Å². The quantitative estimate of drug-likeness (QED) is 0.0534. The van der Waals surface area contributed by atoms with Gasteiger partial charge in [-0.3, -0.25) is 28.1 Å². The van der Waals surface area contributed by atoms with Gasteiger partial charge < -0.3 is 199 Å². The SMILES string of the molecule is O=P([O-])([O-])C(P(=O)([O-])[O-])(P(=O)(O)O)P(=O)(O)O.O=P([O-])([O-])C(P(=O)([O-])[O-])(P(=O)(O)O)P(=O)(O)O.[NH4+].[NH4+].[NH4+].[NH4+].[NH4+].[NH4+].[NH4+].[NH4+].[NH4+].[NH4+].[NH4+].[NH4+].[N]CCN(CCN(CC[N])CP(=O)([O-])[O-])CP(=O)([O-])[O-]. The molecule has 0 saturated heterocycles. The van der Waals surface area contributed by atoms with E-state index < -0.39 is 97.3 Å². The summed E-state index contributed by atoms with van der Waals surface area (Å²) in [7, 11) is -65.6. The Balaban J connectivity index is -0.0000000418. The number of nitrogens with zero attached hydrogens (tertiary/aromatic N) is 4. The Morgan fingerprint density at radius 3 is 0.515 bits per heavy atom. The summed E-state index contributed by atoms with van der Waals surface area (Å²) in [6.45, 7) is -0.963. The average Bonchev–Trinajstić information content (AvgIpc) is 2.74. The van der Waals surface area contributed by atoms with Crippen molar-refractivity contribution in [1.82, 2.24) is 95.1 Å². The standard InChI is InChI=1S/C8H20N4O6P2.2CH8O12P4.12H3N/c9-1-3-11(7-19(13,14)15)5-6-12(4-2-10)8-20(16,17)18;2*2-14(3,4)1(15(5,6)7,16(8,9)10)17(11,12)13;;;;;;;;;;;;/h1-8H2,(H2,13,14,15)(H2,16,17,18);2*(H2,2,3,4)(H2,5,6,7)(H2,8,9,10)(H2,11,12,13);12*1H3. The minimum atomic E-state index is -7.19. The van der Waals surface area contributed by atoms with Gasteiger partial charge in [0.2, 0.25) is 8.76 Å². The Labute approximate surface area is 374 Å². The van der Waals surface area contributed by atoms with Crippen molar-refractivity contribution in [3.8, 4) is 0 Å². The Bertz CT molecular complexity index is 1440. The summed E-state index contributed by atoms with van der Waals surface area (Å²) in [6, 6.07) is 0. The van der Waals surface area contributed by atoms with Crippen LogP contribution in [0.2, 0.25) is 0 Å². The molecule has 56 N–H and O–H groups in total. The highest BCUT2D eigenvalue weighted by Gasteiger charge is 2.66. The maximum atomic E-state index is 10.7. The molecule has 422 valence electrons. The smallest absolute Gasteiger partial charge is 0.353 e. The lowest BCUT2D eigenvalue weighted by molar-refractivity contribution is -0.333. The second-order valence-electron chi connectivity index (χ2n) is 9.55. The normalized spacial score (nSPS) is 12.3. The zero-order chi connectivity index (χ0) is 44.8. The van der Waals surface area contributed by atoms with Gasteiger partial charge in [0.25, 0.3) is 0 Å². The van der Waals surface area contributed by atoms with Gasteiger partial charge in [0.15, 0.2) is 0 Å². The van der Waals surface area contributed by atoms with Gasteiger partial charge in [-0.25, -0.2) is 0 Å². The summed E-state index contributed by atoms with van der Waals surface area (Å²) in [5.41, 5.74) is 17.5. The first kappa shape index (κ1) is 108. The van der Waals surface area contributed by atoms with E-state index in [9.17, 15) is 104 Å². The molecule has 0 aliphatic carbocycles. The van der Waals surface area contributed by atoms with Crippen molar-refractivity contribution in [1.29, 1.82) is 0 Å². The zero-order valence-electron chi connectivity index (χ0n) is 37.5. The van der Waals surface area contributed by atoms with E-state index in [0.29, 0.717) is 0 Å². The lowest BCUT2D eigenvalue weighted by Gasteiger charge is -2.57. The largest absolute Gasteiger partial charge is 0.810 e. The Kier molecular flexibility index (Phi) is 60.0. The summed E-state index contributed by atoms with van der Waals surface area (Å²) < 4.78 is 94.9. The Morgan fingerprint density at radius 1 is 0.318 bits per heavy atom. The molecule has 0 aromatic carbocycles. The highest BCUT2D eigenvalue weighted by atomic mass is 31.4. The first-order chi connectivity index (χ1) is 23.1. The van der Waals surface area contributed by atoms with Crippen LogP contribution in [0.4, 0.5) is 0 Å². The van der Waals surface area contributed by atoms with E-state index in [4.69, 9.17) is 50.6 Å². The highest BCUT2D eigenvalue weighted by molar-refractivity contribution is 8.02. The summed E-state index contributed by atoms with van der Waals surface area (Å²) in [5, 5.41) is 0. The summed E-state index contributed by atoms with van der Waals surface area (Å²) in [6.07, 6.45) is -1.60. The van der Waals surface area contributed by atoms with Crippen molar-refractivity contribution in [3.63, 3.8) is 0 Å². The van der Waals surface area contributed by atoms with Crippen LogP contribution in [-0.4, -0.2) is 110 Å². The average molecular weight is 1210 g/mol. The predicted molar refractivity (Wildman–Crippen MR) is 218 cm³/mol. The lowest BCUT2D eigenvalue weighted by Crippen LogP contribution is -2.45. The van der Waals surface area contributed by atoms with Crippen LogP contribution in [0.15, 0.2) is 0 Å². The molecule has 0 fully saturated rings. The van der Waals surface area contributed by atoms with Crippen molar-refractivity contribution in [2.75, 3.05) is 51.8 Å². The van der Waals surface area contributed by atoms with Gasteiger partial charge in [0.1, 0.15) is 0 Å². The molecule has 0 aromatic rings. The maximum absolute atomic E-state index is 10.7. The minimum Gasteiger partial charge on any atom is -0.810 e. The van der Waals surface area contributed by atoms with Gasteiger partial charge in [0, 0.05) is 51.8 Å². The highest BCUT2D eigenvalue weighted by Crippen LogP contribution is 2.90. The molecule has 0 unspecified atom stereocenters. The molecule has 0 atom stereocenters. The van der Waals surface area contributed by atoms with E-state index >= 15 is 0 Å². The third-order valence-corrected chi connectivity index (χ3v) is 31.1. The third kappa shape index (κ3) is 30.0. The fourth-order valence-electron chi connectivity index (χ4n) is 3.48. The fraction of sp³-hybridized carbons (Fsp3) is 1.00. The van der Waals surface area contributed by atoms with Crippen molar-refractivity contribution in [2.45, 2.75) is 8.76 Å². The van der Waals surface area contributed by atoms with Crippen LogP contribution in [0.5, 0.6) is 0 Å². The number of rotatable bonds is 19. The minimum absolute atomic E-state index is 0. The molecule has 0 heterocycles. The summed E-state index contributed by atoms with van der Waals surface area (Å²) in [4.78, 5) is 196. The molecule has 4 radical (unpaired) electrons. The van der Waals surface area contributed by atoms with E-state index in [-0.39, 0.29) is 113 Å². The third-order valence-electron chi connectivity index (χ3n) is 5.34. The van der Waals surface area contributed by atoms with Gasteiger partial charge in [-0.1, -0.05) is 15.2 Å². The molecule has 0 aliphatic rings. The van der Waals surface area contributed by atoms with E-state index in [1.54, 1.807) is 0 Å². The molecule has 0 bridgehead atoms. The van der Waals surface area contributed by atoms with Gasteiger partial charge in [0.05, 0.1) is 0 Å².